The van der Waals surface area contributed by atoms with Crippen LogP contribution in [0.5, 0.6) is 0 Å². The summed E-state index contributed by atoms with van der Waals surface area (Å²) in [6.07, 6.45) is 3.61. The number of nitrogens with zero attached hydrogens (tertiary/aromatic N) is 3. The summed E-state index contributed by atoms with van der Waals surface area (Å²) in [7, 11) is 0. The smallest absolute Gasteiger partial charge is 0.412 e. The summed E-state index contributed by atoms with van der Waals surface area (Å²) in [5.41, 5.74) is 5.22. The first kappa shape index (κ1) is 23.6. The van der Waals surface area contributed by atoms with Gasteiger partial charge in [0.2, 0.25) is 0 Å². The summed E-state index contributed by atoms with van der Waals surface area (Å²) in [5, 5.41) is 23.9. The third kappa shape index (κ3) is 4.58. The van der Waals surface area contributed by atoms with Crippen molar-refractivity contribution in [3.63, 3.8) is 0 Å². The largest absolute Gasteiger partial charge is 0.465 e. The van der Waals surface area contributed by atoms with Crippen molar-refractivity contribution >= 4 is 34.1 Å². The fraction of sp³-hybridized carbons (Fsp3) is 0.0690. The fourth-order valence-electron chi connectivity index (χ4n) is 4.37. The lowest BCUT2D eigenvalue weighted by Crippen LogP contribution is -2.29. The Labute approximate surface area is 212 Å². The molecule has 5 aromatic rings. The van der Waals surface area contributed by atoms with Gasteiger partial charge >= 0.3 is 6.09 Å². The zero-order valence-corrected chi connectivity index (χ0v) is 19.9. The van der Waals surface area contributed by atoms with Gasteiger partial charge < -0.3 is 15.4 Å². The number of hydrogen-bond donors (Lipinski definition) is 3. The van der Waals surface area contributed by atoms with Crippen molar-refractivity contribution < 1.29 is 14.3 Å². The van der Waals surface area contributed by atoms with Gasteiger partial charge in [-0.05, 0) is 53.9 Å². The molecule has 37 heavy (non-hydrogen) atoms. The molecule has 8 heteroatoms. The van der Waals surface area contributed by atoms with E-state index < -0.39 is 11.9 Å². The molecule has 0 aliphatic heterocycles. The number of nitrogens with one attached hydrogen (secondary N) is 2. The lowest BCUT2D eigenvalue weighted by molar-refractivity contribution is 0.201. The number of benzene rings is 3. The lowest BCUT2D eigenvalue weighted by atomic mass is 10.0. The van der Waals surface area contributed by atoms with Gasteiger partial charge in [0.05, 0.1) is 23.5 Å². The number of anilines is 3. The van der Waals surface area contributed by atoms with Crippen LogP contribution in [0.1, 0.15) is 16.7 Å². The number of carbonyl (C=O) groups is 1. The molecule has 0 radical (unpaired) electrons. The Morgan fingerprint density at radius 1 is 1.14 bits per heavy atom. The van der Waals surface area contributed by atoms with Crippen molar-refractivity contribution in [2.45, 2.75) is 13.5 Å². The summed E-state index contributed by atoms with van der Waals surface area (Å²) in [4.78, 5) is 20.3. The van der Waals surface area contributed by atoms with Crippen LogP contribution < -0.4 is 10.2 Å². The molecule has 1 amide bonds. The van der Waals surface area contributed by atoms with E-state index in [1.54, 1.807) is 36.5 Å². The Hall–Kier alpha value is -5.16. The van der Waals surface area contributed by atoms with Crippen LogP contribution in [0.3, 0.4) is 0 Å². The molecule has 3 N–H and O–H groups in total. The Kier molecular flexibility index (Phi) is 6.27. The maximum absolute atomic E-state index is 15.4. The quantitative estimate of drug-likeness (QED) is 0.238. The molecule has 0 aliphatic rings. The van der Waals surface area contributed by atoms with Crippen LogP contribution in [0, 0.1) is 24.1 Å². The second-order valence-electron chi connectivity index (χ2n) is 8.54. The molecule has 0 aliphatic carbocycles. The van der Waals surface area contributed by atoms with Crippen LogP contribution in [-0.2, 0) is 6.54 Å². The van der Waals surface area contributed by atoms with E-state index in [1.807, 2.05) is 37.4 Å². The highest BCUT2D eigenvalue weighted by Crippen LogP contribution is 2.36. The zero-order valence-electron chi connectivity index (χ0n) is 19.9. The summed E-state index contributed by atoms with van der Waals surface area (Å²) in [6, 6.07) is 21.3. The third-order valence-corrected chi connectivity index (χ3v) is 6.29. The molecule has 2 aromatic heterocycles. The van der Waals surface area contributed by atoms with E-state index in [4.69, 9.17) is 0 Å². The number of fused-ring (bicyclic) bond motifs is 1. The molecule has 182 valence electrons. The summed E-state index contributed by atoms with van der Waals surface area (Å²) in [5.74, 6) is -0.700. The molecule has 0 bridgehead atoms. The van der Waals surface area contributed by atoms with Crippen LogP contribution in [0.4, 0.5) is 26.2 Å². The van der Waals surface area contributed by atoms with E-state index in [2.05, 4.69) is 21.4 Å². The molecule has 0 atom stereocenters. The first-order chi connectivity index (χ1) is 18.0. The van der Waals surface area contributed by atoms with Crippen LogP contribution in [0.25, 0.3) is 22.0 Å². The molecular weight excluding hydrogens is 469 g/mol. The predicted molar refractivity (Wildman–Crippen MR) is 141 cm³/mol. The minimum absolute atomic E-state index is 0.00558. The number of halogens is 1. The molecular formula is C29H22FN5O2. The number of amides is 1. The number of rotatable bonds is 6. The summed E-state index contributed by atoms with van der Waals surface area (Å²) in [6.45, 7) is 1.98. The van der Waals surface area contributed by atoms with Gasteiger partial charge in [-0.3, -0.25) is 9.88 Å². The first-order valence-electron chi connectivity index (χ1n) is 11.5. The van der Waals surface area contributed by atoms with Crippen LogP contribution in [0.15, 0.2) is 85.3 Å². The number of aromatic amines is 1. The maximum Gasteiger partial charge on any atom is 0.412 e. The third-order valence-electron chi connectivity index (χ3n) is 6.29. The Balaban J connectivity index is 1.54. The maximum atomic E-state index is 15.4. The number of aryl methyl sites for hydroxylation is 1. The molecule has 5 rings (SSSR count). The highest BCUT2D eigenvalue weighted by atomic mass is 19.1. The Bertz CT molecular complexity index is 1660. The normalized spacial score (nSPS) is 10.7. The van der Waals surface area contributed by atoms with Crippen molar-refractivity contribution in [3.8, 4) is 17.2 Å². The van der Waals surface area contributed by atoms with Gasteiger partial charge in [0, 0.05) is 40.7 Å². The van der Waals surface area contributed by atoms with Crippen molar-refractivity contribution in [2.75, 3.05) is 10.2 Å². The second-order valence-corrected chi connectivity index (χ2v) is 8.54. The minimum Gasteiger partial charge on any atom is -0.465 e. The van der Waals surface area contributed by atoms with E-state index in [0.717, 1.165) is 32.6 Å². The lowest BCUT2D eigenvalue weighted by Gasteiger charge is -2.21. The highest BCUT2D eigenvalue weighted by Gasteiger charge is 2.21. The second kappa shape index (κ2) is 9.84. The number of nitriles is 1. The molecule has 3 aromatic carbocycles. The summed E-state index contributed by atoms with van der Waals surface area (Å²) >= 11 is 0. The number of carboxylic acid groups (broad SMARTS) is 1. The summed E-state index contributed by atoms with van der Waals surface area (Å²) < 4.78 is 15.4. The number of aromatic nitrogens is 2. The molecule has 0 fully saturated rings. The van der Waals surface area contributed by atoms with Gasteiger partial charge in [-0.1, -0.05) is 36.4 Å². The van der Waals surface area contributed by atoms with E-state index in [-0.39, 0.29) is 12.2 Å². The van der Waals surface area contributed by atoms with Gasteiger partial charge in [-0.15, -0.1) is 0 Å². The Morgan fingerprint density at radius 3 is 2.68 bits per heavy atom. The predicted octanol–water partition coefficient (Wildman–Crippen LogP) is 6.98. The number of H-pyrrole nitrogens is 1. The Morgan fingerprint density at radius 2 is 1.95 bits per heavy atom. The molecule has 0 saturated carbocycles. The van der Waals surface area contributed by atoms with Gasteiger partial charge in [-0.25, -0.2) is 9.18 Å². The van der Waals surface area contributed by atoms with Crippen molar-refractivity contribution in [3.05, 3.63) is 108 Å². The molecule has 0 saturated heterocycles. The van der Waals surface area contributed by atoms with Crippen LogP contribution in [-0.4, -0.2) is 21.2 Å². The topological polar surface area (TPSA) is 105 Å². The van der Waals surface area contributed by atoms with E-state index in [0.29, 0.717) is 22.4 Å². The SMILES string of the molecule is Cc1c(Nc2c(C#N)cncc2-c2ccc(N(Cc3ccccc3)C(=O)O)c(F)c2)ccc2[nH]ccc12. The number of pyridine rings is 1. The molecule has 2 heterocycles. The average Bonchev–Trinajstić information content (AvgIpc) is 3.39. The van der Waals surface area contributed by atoms with Gasteiger partial charge in [0.15, 0.2) is 0 Å². The van der Waals surface area contributed by atoms with Crippen LogP contribution in [0.2, 0.25) is 0 Å². The minimum atomic E-state index is -1.26. The zero-order chi connectivity index (χ0) is 25.9. The van der Waals surface area contributed by atoms with Crippen molar-refractivity contribution in [1.29, 1.82) is 5.26 Å². The monoisotopic (exact) mass is 491 g/mol. The molecule has 7 nitrogen and oxygen atoms in total. The van der Waals surface area contributed by atoms with Gasteiger partial charge in [-0.2, -0.15) is 5.26 Å². The van der Waals surface area contributed by atoms with Crippen LogP contribution >= 0.6 is 0 Å². The number of hydrogen-bond acceptors (Lipinski definition) is 4. The van der Waals surface area contributed by atoms with Gasteiger partial charge in [0.1, 0.15) is 11.9 Å². The van der Waals surface area contributed by atoms with E-state index in [1.165, 1.54) is 18.3 Å². The molecule has 0 spiro atoms. The molecule has 0 unspecified atom stereocenters. The first-order valence-corrected chi connectivity index (χ1v) is 11.5. The van der Waals surface area contributed by atoms with E-state index in [9.17, 15) is 15.2 Å². The van der Waals surface area contributed by atoms with Gasteiger partial charge in [0.25, 0.3) is 0 Å². The van der Waals surface area contributed by atoms with Crippen molar-refractivity contribution in [2.24, 2.45) is 0 Å². The van der Waals surface area contributed by atoms with E-state index >= 15 is 4.39 Å². The standard InChI is InChI=1S/C29H22FN5O2/c1-18-22-11-12-33-26(22)9-8-25(18)34-28-21(14-31)15-32-16-23(28)20-7-10-27(24(30)13-20)35(29(36)37)17-19-5-3-2-4-6-19/h2-13,15-16,33H,17H2,1H3,(H,32,34)(H,36,37). The van der Waals surface area contributed by atoms with Crippen molar-refractivity contribution in [1.82, 2.24) is 9.97 Å². The fourth-order valence-corrected chi connectivity index (χ4v) is 4.37. The average molecular weight is 492 g/mol. The highest BCUT2D eigenvalue weighted by molar-refractivity contribution is 5.92.